The lowest BCUT2D eigenvalue weighted by Gasteiger charge is -2.20. The van der Waals surface area contributed by atoms with Crippen LogP contribution in [0.4, 0.5) is 10.1 Å². The number of fused-ring (bicyclic) bond motifs is 1. The smallest absolute Gasteiger partial charge is 0.346 e. The molecule has 0 aromatic heterocycles. The first-order chi connectivity index (χ1) is 7.61. The van der Waals surface area contributed by atoms with Gasteiger partial charge in [-0.25, -0.2) is 9.18 Å². The van der Waals surface area contributed by atoms with E-state index in [-0.39, 0.29) is 5.82 Å². The summed E-state index contributed by atoms with van der Waals surface area (Å²) in [6.45, 7) is 1.78. The van der Waals surface area contributed by atoms with Crippen molar-refractivity contribution in [2.75, 3.05) is 12.4 Å². The van der Waals surface area contributed by atoms with Crippen LogP contribution in [0.5, 0.6) is 0 Å². The molecule has 0 spiro atoms. The summed E-state index contributed by atoms with van der Waals surface area (Å²) >= 11 is 1.21. The fourth-order valence-corrected chi connectivity index (χ4v) is 2.41. The number of rotatable bonds is 1. The number of anilines is 1. The minimum absolute atomic E-state index is 0.322. The second-order valence-corrected chi connectivity index (χ2v) is 4.37. The first-order valence-electron chi connectivity index (χ1n) is 4.65. The summed E-state index contributed by atoms with van der Waals surface area (Å²) in [4.78, 5) is 12.6. The van der Waals surface area contributed by atoms with Gasteiger partial charge >= 0.3 is 5.97 Å². The molecule has 0 saturated carbocycles. The van der Waals surface area contributed by atoms with E-state index >= 15 is 0 Å². The Morgan fingerprint density at radius 3 is 2.94 bits per heavy atom. The Morgan fingerprint density at radius 2 is 2.25 bits per heavy atom. The second kappa shape index (κ2) is 4.17. The van der Waals surface area contributed by atoms with Crippen molar-refractivity contribution >= 4 is 23.4 Å². The maximum atomic E-state index is 13.0. The highest BCUT2D eigenvalue weighted by Crippen LogP contribution is 2.40. The molecule has 1 aromatic carbocycles. The molecular weight excluding hydrogens is 229 g/mol. The van der Waals surface area contributed by atoms with Crippen LogP contribution in [0.15, 0.2) is 33.7 Å². The lowest BCUT2D eigenvalue weighted by Crippen LogP contribution is -2.12. The zero-order chi connectivity index (χ0) is 11.7. The van der Waals surface area contributed by atoms with Gasteiger partial charge in [-0.1, -0.05) is 11.8 Å². The fraction of sp³-hybridized carbons (Fsp3) is 0.182. The van der Waals surface area contributed by atoms with E-state index in [0.717, 1.165) is 11.4 Å². The molecule has 0 radical (unpaired) electrons. The second-order valence-electron chi connectivity index (χ2n) is 3.31. The largest absolute Gasteiger partial charge is 0.465 e. The number of hydrogen-bond acceptors (Lipinski definition) is 4. The van der Waals surface area contributed by atoms with Gasteiger partial charge in [0.05, 0.1) is 12.8 Å². The molecule has 0 saturated heterocycles. The summed E-state index contributed by atoms with van der Waals surface area (Å²) in [5.74, 6) is -0.735. The van der Waals surface area contributed by atoms with Gasteiger partial charge in [0.1, 0.15) is 10.7 Å². The number of methoxy groups -OCH3 is 1. The normalized spacial score (nSPS) is 14.2. The van der Waals surface area contributed by atoms with Crippen molar-refractivity contribution in [2.45, 2.75) is 11.8 Å². The first-order valence-corrected chi connectivity index (χ1v) is 5.47. The van der Waals surface area contributed by atoms with Crippen LogP contribution in [0.1, 0.15) is 6.92 Å². The van der Waals surface area contributed by atoms with Crippen molar-refractivity contribution in [3.8, 4) is 0 Å². The quantitative estimate of drug-likeness (QED) is 0.765. The van der Waals surface area contributed by atoms with Crippen LogP contribution in [-0.2, 0) is 9.53 Å². The Bertz CT molecular complexity index is 485. The van der Waals surface area contributed by atoms with Gasteiger partial charge in [0.25, 0.3) is 0 Å². The molecule has 84 valence electrons. The van der Waals surface area contributed by atoms with Crippen molar-refractivity contribution in [3.05, 3.63) is 34.6 Å². The van der Waals surface area contributed by atoms with Crippen molar-refractivity contribution in [3.63, 3.8) is 0 Å². The summed E-state index contributed by atoms with van der Waals surface area (Å²) in [5, 5.41) is 3.04. The first kappa shape index (κ1) is 11.0. The Morgan fingerprint density at radius 1 is 1.50 bits per heavy atom. The van der Waals surface area contributed by atoms with Crippen LogP contribution >= 0.6 is 11.8 Å². The van der Waals surface area contributed by atoms with Crippen molar-refractivity contribution < 1.29 is 13.9 Å². The van der Waals surface area contributed by atoms with E-state index in [4.69, 9.17) is 0 Å². The van der Waals surface area contributed by atoms with Crippen LogP contribution in [0, 0.1) is 5.82 Å². The van der Waals surface area contributed by atoms with E-state index in [1.807, 2.05) is 0 Å². The summed E-state index contributed by atoms with van der Waals surface area (Å²) in [7, 11) is 1.32. The highest BCUT2D eigenvalue weighted by molar-refractivity contribution is 8.04. The average molecular weight is 239 g/mol. The molecule has 1 heterocycles. The minimum Gasteiger partial charge on any atom is -0.465 e. The van der Waals surface area contributed by atoms with Crippen molar-refractivity contribution in [1.29, 1.82) is 0 Å². The molecular formula is C11H10FNO2S. The summed E-state index contributed by atoms with van der Waals surface area (Å²) < 4.78 is 17.7. The molecule has 5 heteroatoms. The lowest BCUT2D eigenvalue weighted by molar-refractivity contribution is -0.135. The number of benzene rings is 1. The van der Waals surface area contributed by atoms with Gasteiger partial charge in [0, 0.05) is 10.6 Å². The van der Waals surface area contributed by atoms with Crippen LogP contribution in [0.2, 0.25) is 0 Å². The Kier molecular flexibility index (Phi) is 2.87. The Labute approximate surface area is 96.7 Å². The Balaban J connectivity index is 2.38. The molecule has 16 heavy (non-hydrogen) atoms. The SMILES string of the molecule is COC(=O)C1=C(C)Nc2ccc(F)cc2S1. The van der Waals surface area contributed by atoms with Gasteiger partial charge in [-0.2, -0.15) is 0 Å². The number of esters is 1. The van der Waals surface area contributed by atoms with Crippen LogP contribution in [0.3, 0.4) is 0 Å². The number of allylic oxidation sites excluding steroid dienone is 1. The van der Waals surface area contributed by atoms with E-state index in [0.29, 0.717) is 9.80 Å². The topological polar surface area (TPSA) is 38.3 Å². The number of carbonyl (C=O) groups excluding carboxylic acids is 1. The Hall–Kier alpha value is -1.49. The standard InChI is InChI=1S/C11H10FNO2S/c1-6-10(11(14)15-2)16-9-5-7(12)3-4-8(9)13-6/h3-5,13H,1-2H3. The number of ether oxygens (including phenoxy) is 1. The summed E-state index contributed by atoms with van der Waals surface area (Å²) in [6, 6.07) is 4.42. The monoisotopic (exact) mass is 239 g/mol. The predicted molar refractivity (Wildman–Crippen MR) is 60.6 cm³/mol. The molecule has 1 aliphatic heterocycles. The molecule has 0 aliphatic carbocycles. The van der Waals surface area contributed by atoms with Gasteiger partial charge in [-0.15, -0.1) is 0 Å². The highest BCUT2D eigenvalue weighted by Gasteiger charge is 2.22. The number of thioether (sulfide) groups is 1. The molecule has 0 amide bonds. The van der Waals surface area contributed by atoms with E-state index in [1.165, 1.54) is 31.0 Å². The lowest BCUT2D eigenvalue weighted by atomic mass is 10.3. The predicted octanol–water partition coefficient (Wildman–Crippen LogP) is 2.75. The van der Waals surface area contributed by atoms with Gasteiger partial charge in [-0.05, 0) is 25.1 Å². The molecule has 0 unspecified atom stereocenters. The van der Waals surface area contributed by atoms with Gasteiger partial charge in [0.15, 0.2) is 0 Å². The van der Waals surface area contributed by atoms with E-state index in [1.54, 1.807) is 13.0 Å². The van der Waals surface area contributed by atoms with Crippen LogP contribution < -0.4 is 5.32 Å². The zero-order valence-corrected chi connectivity index (χ0v) is 9.65. The van der Waals surface area contributed by atoms with Crippen molar-refractivity contribution in [2.24, 2.45) is 0 Å². The van der Waals surface area contributed by atoms with E-state index in [2.05, 4.69) is 10.1 Å². The maximum Gasteiger partial charge on any atom is 0.346 e. The highest BCUT2D eigenvalue weighted by atomic mass is 32.2. The van der Waals surface area contributed by atoms with E-state index in [9.17, 15) is 9.18 Å². The minimum atomic E-state index is -0.412. The summed E-state index contributed by atoms with van der Waals surface area (Å²) in [5.41, 5.74) is 1.52. The average Bonchev–Trinajstić information content (AvgIpc) is 2.28. The van der Waals surface area contributed by atoms with Gasteiger partial charge in [0.2, 0.25) is 0 Å². The molecule has 0 fully saturated rings. The summed E-state index contributed by atoms with van der Waals surface area (Å²) in [6.07, 6.45) is 0. The van der Waals surface area contributed by atoms with Gasteiger partial charge in [-0.3, -0.25) is 0 Å². The maximum absolute atomic E-state index is 13.0. The third-order valence-corrected chi connectivity index (χ3v) is 3.42. The van der Waals surface area contributed by atoms with E-state index < -0.39 is 5.97 Å². The molecule has 1 N–H and O–H groups in total. The van der Waals surface area contributed by atoms with Crippen LogP contribution in [-0.4, -0.2) is 13.1 Å². The third kappa shape index (κ3) is 1.90. The molecule has 2 rings (SSSR count). The number of carbonyl (C=O) groups is 1. The van der Waals surface area contributed by atoms with Crippen LogP contribution in [0.25, 0.3) is 0 Å². The molecule has 1 aromatic rings. The van der Waals surface area contributed by atoms with Crippen molar-refractivity contribution in [1.82, 2.24) is 0 Å². The molecule has 3 nitrogen and oxygen atoms in total. The number of nitrogens with one attached hydrogen (secondary N) is 1. The molecule has 0 bridgehead atoms. The molecule has 1 aliphatic rings. The van der Waals surface area contributed by atoms with Gasteiger partial charge < -0.3 is 10.1 Å². The number of halogens is 1. The number of hydrogen-bond donors (Lipinski definition) is 1. The third-order valence-electron chi connectivity index (χ3n) is 2.19. The fourth-order valence-electron chi connectivity index (χ4n) is 1.42. The molecule has 0 atom stereocenters. The zero-order valence-electron chi connectivity index (χ0n) is 8.83.